The van der Waals surface area contributed by atoms with Gasteiger partial charge in [-0.15, -0.1) is 0 Å². The van der Waals surface area contributed by atoms with Gasteiger partial charge >= 0.3 is 17.9 Å². The van der Waals surface area contributed by atoms with Crippen molar-refractivity contribution in [1.29, 1.82) is 0 Å². The number of carboxylic acid groups (broad SMARTS) is 1. The molecule has 1 saturated heterocycles. The lowest BCUT2D eigenvalue weighted by atomic mass is 9.50. The molecule has 1 fully saturated rings. The number of carbonyl (C=O) groups excluding carboxylic acids is 2. The third kappa shape index (κ3) is 3.02. The third-order valence-electron chi connectivity index (χ3n) is 7.79. The second-order valence-corrected chi connectivity index (χ2v) is 9.52. The fourth-order valence-corrected chi connectivity index (χ4v) is 6.34. The largest absolute Gasteiger partial charge is 0.481 e. The molecule has 2 bridgehead atoms. The van der Waals surface area contributed by atoms with Crippen molar-refractivity contribution in [2.24, 2.45) is 0 Å². The van der Waals surface area contributed by atoms with Crippen LogP contribution < -0.4 is 4.74 Å². The Kier molecular flexibility index (Phi) is 5.23. The molecule has 1 spiro atoms. The predicted molar refractivity (Wildman–Crippen MR) is 115 cm³/mol. The number of carboxylic acids is 1. The normalized spacial score (nSPS) is 31.6. The highest BCUT2D eigenvalue weighted by Crippen LogP contribution is 2.64. The Bertz CT molecular complexity index is 1110. The molecule has 2 aliphatic carbocycles. The number of benzene rings is 1. The summed E-state index contributed by atoms with van der Waals surface area (Å²) in [5.41, 5.74) is 0.442. The SMILES string of the molecule is CC(=O)O[C@@H](CC(=O)OC1=CC[C@@]2(O)C3Cc4ccc(CO)c5c4[C@@]2(CCN3C)[C@H]1O5)C(=O)O. The van der Waals surface area contributed by atoms with E-state index >= 15 is 0 Å². The van der Waals surface area contributed by atoms with E-state index < -0.39 is 47.6 Å². The van der Waals surface area contributed by atoms with E-state index in [9.17, 15) is 29.7 Å². The lowest BCUT2D eigenvalue weighted by Gasteiger charge is -2.61. The molecule has 1 aromatic carbocycles. The molecular formula is C24H27NO9. The Morgan fingerprint density at radius 3 is 2.76 bits per heavy atom. The second-order valence-electron chi connectivity index (χ2n) is 9.52. The first kappa shape index (κ1) is 22.8. The van der Waals surface area contributed by atoms with E-state index in [0.717, 1.165) is 18.1 Å². The minimum Gasteiger partial charge on any atom is -0.481 e. The maximum atomic E-state index is 12.7. The number of piperidine rings is 1. The van der Waals surface area contributed by atoms with Crippen molar-refractivity contribution < 1.29 is 43.9 Å². The zero-order valence-electron chi connectivity index (χ0n) is 18.9. The van der Waals surface area contributed by atoms with Crippen LogP contribution in [0.3, 0.4) is 0 Å². The van der Waals surface area contributed by atoms with Crippen LogP contribution in [0.15, 0.2) is 24.0 Å². The van der Waals surface area contributed by atoms with Gasteiger partial charge in [0.25, 0.3) is 0 Å². The Hall–Kier alpha value is -2.95. The average molecular weight is 473 g/mol. The summed E-state index contributed by atoms with van der Waals surface area (Å²) in [6, 6.07) is 3.61. The smallest absolute Gasteiger partial charge is 0.345 e. The summed E-state index contributed by atoms with van der Waals surface area (Å²) < 4.78 is 16.7. The highest BCUT2D eigenvalue weighted by molar-refractivity contribution is 5.83. The standard InChI is InChI=1S/C24H27NO9/c1-12(27)32-16(22(29)30)10-18(28)33-15-5-6-24(31)17-9-13-3-4-14(11-26)20-19(13)23(24,21(15)34-20)7-8-25(17)2/h3-5,16-17,21,26,31H,6-11H2,1-2H3,(H,29,30)/t16-,17?,21-,23-,24+/m0/s1. The molecule has 1 aromatic rings. The number of likely N-dealkylation sites (tertiary alicyclic amines) is 1. The van der Waals surface area contributed by atoms with Crippen LogP contribution >= 0.6 is 0 Å². The molecule has 182 valence electrons. The molecule has 0 aromatic heterocycles. The van der Waals surface area contributed by atoms with E-state index in [1.165, 1.54) is 0 Å². The van der Waals surface area contributed by atoms with Crippen LogP contribution in [0.4, 0.5) is 0 Å². The number of hydrogen-bond acceptors (Lipinski definition) is 9. The maximum absolute atomic E-state index is 12.7. The van der Waals surface area contributed by atoms with E-state index in [0.29, 0.717) is 30.7 Å². The van der Waals surface area contributed by atoms with Crippen LogP contribution in [-0.4, -0.2) is 75.6 Å². The molecule has 10 nitrogen and oxygen atoms in total. The van der Waals surface area contributed by atoms with Crippen LogP contribution in [0.5, 0.6) is 5.75 Å². The molecule has 3 N–H and O–H groups in total. The van der Waals surface area contributed by atoms with Crippen molar-refractivity contribution in [3.8, 4) is 5.75 Å². The topological polar surface area (TPSA) is 143 Å². The van der Waals surface area contributed by atoms with Gasteiger partial charge in [0.1, 0.15) is 11.5 Å². The first-order valence-electron chi connectivity index (χ1n) is 11.3. The zero-order chi connectivity index (χ0) is 24.4. The first-order chi connectivity index (χ1) is 16.1. The Balaban J connectivity index is 1.52. The summed E-state index contributed by atoms with van der Waals surface area (Å²) in [4.78, 5) is 37.4. The number of ether oxygens (including phenoxy) is 3. The van der Waals surface area contributed by atoms with Crippen molar-refractivity contribution in [3.05, 3.63) is 40.7 Å². The molecular weight excluding hydrogens is 446 g/mol. The van der Waals surface area contributed by atoms with Crippen molar-refractivity contribution in [3.63, 3.8) is 0 Å². The lowest BCUT2D eigenvalue weighted by Crippen LogP contribution is -2.74. The fraction of sp³-hybridized carbons (Fsp3) is 0.542. The Labute approximate surface area is 195 Å². The molecule has 0 radical (unpaired) electrons. The van der Waals surface area contributed by atoms with Gasteiger partial charge in [-0.05, 0) is 38.1 Å². The highest BCUT2D eigenvalue weighted by atomic mass is 16.6. The van der Waals surface area contributed by atoms with Crippen molar-refractivity contribution >= 4 is 17.9 Å². The van der Waals surface area contributed by atoms with Crippen molar-refractivity contribution in [1.82, 2.24) is 4.90 Å². The summed E-state index contributed by atoms with van der Waals surface area (Å²) in [6.07, 6.45) is -0.114. The van der Waals surface area contributed by atoms with Gasteiger partial charge in [-0.1, -0.05) is 12.1 Å². The monoisotopic (exact) mass is 473 g/mol. The number of aliphatic hydroxyl groups is 2. The summed E-state index contributed by atoms with van der Waals surface area (Å²) in [7, 11) is 1.98. The highest BCUT2D eigenvalue weighted by Gasteiger charge is 2.71. The Morgan fingerprint density at radius 2 is 2.09 bits per heavy atom. The van der Waals surface area contributed by atoms with Crippen molar-refractivity contribution in [2.45, 2.75) is 68.5 Å². The molecule has 5 rings (SSSR count). The molecule has 0 amide bonds. The molecule has 1 unspecified atom stereocenters. The van der Waals surface area contributed by atoms with Crippen molar-refractivity contribution in [2.75, 3.05) is 13.6 Å². The van der Waals surface area contributed by atoms with Crippen LogP contribution in [0.25, 0.3) is 0 Å². The summed E-state index contributed by atoms with van der Waals surface area (Å²) in [5.74, 6) is -2.45. The number of rotatable bonds is 6. The number of hydrogen-bond donors (Lipinski definition) is 3. The van der Waals surface area contributed by atoms with E-state index in [2.05, 4.69) is 4.90 Å². The summed E-state index contributed by atoms with van der Waals surface area (Å²) >= 11 is 0. The van der Waals surface area contributed by atoms with Gasteiger partial charge in [-0.2, -0.15) is 0 Å². The quantitative estimate of drug-likeness (QED) is 0.497. The second kappa shape index (κ2) is 7.79. The molecule has 0 saturated carbocycles. The van der Waals surface area contributed by atoms with Gasteiger partial charge in [-0.25, -0.2) is 4.79 Å². The van der Waals surface area contributed by atoms with Crippen LogP contribution in [0.2, 0.25) is 0 Å². The van der Waals surface area contributed by atoms with Gasteiger partial charge in [-0.3, -0.25) is 9.59 Å². The summed E-state index contributed by atoms with van der Waals surface area (Å²) in [5, 5.41) is 31.3. The van der Waals surface area contributed by atoms with Crippen LogP contribution in [-0.2, 0) is 42.3 Å². The van der Waals surface area contributed by atoms with Gasteiger partial charge < -0.3 is 34.4 Å². The minimum absolute atomic E-state index is 0.167. The number of likely N-dealkylation sites (N-methyl/N-ethyl adjacent to an activating group) is 1. The van der Waals surface area contributed by atoms with E-state index in [-0.39, 0.29) is 24.8 Å². The fourth-order valence-electron chi connectivity index (χ4n) is 6.34. The van der Waals surface area contributed by atoms with E-state index in [1.54, 1.807) is 6.08 Å². The maximum Gasteiger partial charge on any atom is 0.345 e. The zero-order valence-corrected chi connectivity index (χ0v) is 18.9. The van der Waals surface area contributed by atoms with E-state index in [1.807, 2.05) is 19.2 Å². The van der Waals surface area contributed by atoms with Crippen LogP contribution in [0.1, 0.15) is 42.9 Å². The number of esters is 2. The van der Waals surface area contributed by atoms with Gasteiger partial charge in [0.2, 0.25) is 6.10 Å². The van der Waals surface area contributed by atoms with Crippen LogP contribution in [0, 0.1) is 0 Å². The number of aliphatic hydroxyl groups excluding tert-OH is 1. The molecule has 2 aliphatic heterocycles. The number of carbonyl (C=O) groups is 3. The Morgan fingerprint density at radius 1 is 1.32 bits per heavy atom. The number of nitrogens with zero attached hydrogens (tertiary/aromatic N) is 1. The van der Waals surface area contributed by atoms with E-state index in [4.69, 9.17) is 14.2 Å². The third-order valence-corrected chi connectivity index (χ3v) is 7.79. The molecule has 5 atom stereocenters. The number of aliphatic carboxylic acids is 1. The average Bonchev–Trinajstić information content (AvgIpc) is 3.13. The molecule has 4 aliphatic rings. The molecule has 34 heavy (non-hydrogen) atoms. The summed E-state index contributed by atoms with van der Waals surface area (Å²) in [6.45, 7) is 1.52. The van der Waals surface area contributed by atoms with Gasteiger partial charge in [0.05, 0.1) is 24.0 Å². The predicted octanol–water partition coefficient (Wildman–Crippen LogP) is 0.406. The molecule has 2 heterocycles. The lowest BCUT2D eigenvalue weighted by molar-refractivity contribution is -0.173. The first-order valence-corrected chi connectivity index (χ1v) is 11.3. The van der Waals surface area contributed by atoms with Gasteiger partial charge in [0.15, 0.2) is 6.10 Å². The minimum atomic E-state index is -1.67. The molecule has 10 heteroatoms. The van der Waals surface area contributed by atoms with Gasteiger partial charge in [0, 0.05) is 30.5 Å².